The fraction of sp³-hybridized carbons (Fsp3) is 0.364. The molecule has 0 fully saturated rings. The third kappa shape index (κ3) is 2.79. The number of halogens is 1. The number of aryl methyl sites for hydroxylation is 2. The van der Waals surface area contributed by atoms with Gasteiger partial charge < -0.3 is 11.1 Å². The molecule has 0 unspecified atom stereocenters. The van der Waals surface area contributed by atoms with Gasteiger partial charge in [0.15, 0.2) is 0 Å². The molecule has 0 saturated carbocycles. The van der Waals surface area contributed by atoms with Crippen LogP contribution in [0.5, 0.6) is 0 Å². The van der Waals surface area contributed by atoms with Gasteiger partial charge in [0.25, 0.3) is 0 Å². The van der Waals surface area contributed by atoms with Crippen molar-refractivity contribution >= 4 is 27.7 Å². The minimum atomic E-state index is 0.252. The second-order valence-electron chi connectivity index (χ2n) is 3.91. The Labute approximate surface area is 114 Å². The second-order valence-corrected chi connectivity index (χ2v) is 4.76. The molecule has 0 bridgehead atoms. The van der Waals surface area contributed by atoms with Crippen LogP contribution in [0.1, 0.15) is 18.2 Å². The average Bonchev–Trinajstić information content (AvgIpc) is 2.71. The predicted octanol–water partition coefficient (Wildman–Crippen LogP) is 1.73. The largest absolute Gasteiger partial charge is 0.368 e. The van der Waals surface area contributed by atoms with Crippen molar-refractivity contribution in [3.8, 4) is 0 Å². The second kappa shape index (κ2) is 5.34. The molecule has 0 atom stereocenters. The van der Waals surface area contributed by atoms with Crippen molar-refractivity contribution in [2.75, 3.05) is 11.1 Å². The Bertz CT molecular complexity index is 550. The molecule has 6 nitrogen and oxygen atoms in total. The maximum absolute atomic E-state index is 5.56. The Morgan fingerprint density at radius 3 is 3.00 bits per heavy atom. The molecule has 0 radical (unpaired) electrons. The van der Waals surface area contributed by atoms with Gasteiger partial charge in [0, 0.05) is 31.5 Å². The summed E-state index contributed by atoms with van der Waals surface area (Å²) in [5.41, 5.74) is 7.80. The molecule has 2 heterocycles. The maximum atomic E-state index is 5.56. The quantitative estimate of drug-likeness (QED) is 0.898. The lowest BCUT2D eigenvalue weighted by atomic mass is 10.2. The summed E-state index contributed by atoms with van der Waals surface area (Å²) in [5.74, 6) is 0.941. The Hall–Kier alpha value is -1.63. The highest BCUT2D eigenvalue weighted by Crippen LogP contribution is 2.20. The highest BCUT2D eigenvalue weighted by Gasteiger charge is 2.08. The zero-order chi connectivity index (χ0) is 13.1. The molecule has 0 saturated heterocycles. The molecule has 0 aliphatic carbocycles. The third-order valence-corrected chi connectivity index (χ3v) is 3.12. The van der Waals surface area contributed by atoms with Gasteiger partial charge in [-0.3, -0.25) is 4.68 Å². The number of anilines is 2. The summed E-state index contributed by atoms with van der Waals surface area (Å²) in [6, 6.07) is 0. The fourth-order valence-corrected chi connectivity index (χ4v) is 2.04. The van der Waals surface area contributed by atoms with Gasteiger partial charge in [-0.25, -0.2) is 4.98 Å². The van der Waals surface area contributed by atoms with Crippen molar-refractivity contribution in [2.24, 2.45) is 7.05 Å². The molecule has 0 spiro atoms. The van der Waals surface area contributed by atoms with E-state index in [0.29, 0.717) is 12.4 Å². The predicted molar refractivity (Wildman–Crippen MR) is 74.1 cm³/mol. The highest BCUT2D eigenvalue weighted by molar-refractivity contribution is 9.10. The van der Waals surface area contributed by atoms with E-state index in [1.807, 2.05) is 17.9 Å². The smallest absolute Gasteiger partial charge is 0.221 e. The van der Waals surface area contributed by atoms with Gasteiger partial charge in [-0.2, -0.15) is 10.1 Å². The number of nitrogens with one attached hydrogen (secondary N) is 1. The lowest BCUT2D eigenvalue weighted by molar-refractivity contribution is 0.746. The summed E-state index contributed by atoms with van der Waals surface area (Å²) in [5, 5.41) is 7.62. The van der Waals surface area contributed by atoms with E-state index in [-0.39, 0.29) is 5.95 Å². The molecule has 0 aromatic carbocycles. The number of aromatic nitrogens is 4. The monoisotopic (exact) mass is 310 g/mol. The van der Waals surface area contributed by atoms with E-state index in [9.17, 15) is 0 Å². The first-order chi connectivity index (χ1) is 8.60. The Morgan fingerprint density at radius 1 is 1.50 bits per heavy atom. The lowest BCUT2D eigenvalue weighted by Crippen LogP contribution is -2.05. The van der Waals surface area contributed by atoms with Crippen LogP contribution in [0.2, 0.25) is 0 Å². The first-order valence-corrected chi connectivity index (χ1v) is 6.42. The van der Waals surface area contributed by atoms with Crippen LogP contribution < -0.4 is 11.1 Å². The van der Waals surface area contributed by atoms with E-state index in [2.05, 4.69) is 43.2 Å². The van der Waals surface area contributed by atoms with Gasteiger partial charge in [-0.05, 0) is 22.4 Å². The van der Waals surface area contributed by atoms with Gasteiger partial charge >= 0.3 is 0 Å². The van der Waals surface area contributed by atoms with Crippen LogP contribution >= 0.6 is 15.9 Å². The highest BCUT2D eigenvalue weighted by atomic mass is 79.9. The van der Waals surface area contributed by atoms with Crippen LogP contribution in [-0.4, -0.2) is 19.7 Å². The summed E-state index contributed by atoms with van der Waals surface area (Å²) < 4.78 is 2.61. The van der Waals surface area contributed by atoms with Crippen molar-refractivity contribution in [3.05, 3.63) is 28.1 Å². The third-order valence-electron chi connectivity index (χ3n) is 2.54. The lowest BCUT2D eigenvalue weighted by Gasteiger charge is -2.07. The molecular weight excluding hydrogens is 296 g/mol. The van der Waals surface area contributed by atoms with E-state index < -0.39 is 0 Å². The first kappa shape index (κ1) is 12.8. The summed E-state index contributed by atoms with van der Waals surface area (Å²) in [4.78, 5) is 8.03. The number of hydrogen-bond donors (Lipinski definition) is 2. The molecule has 7 heteroatoms. The fourth-order valence-electron chi connectivity index (χ4n) is 1.71. The summed E-state index contributed by atoms with van der Waals surface area (Å²) >= 11 is 3.38. The van der Waals surface area contributed by atoms with E-state index in [1.54, 1.807) is 6.20 Å². The number of hydrogen-bond acceptors (Lipinski definition) is 5. The normalized spacial score (nSPS) is 10.6. The SMILES string of the molecule is CCc1nn(C)cc1CNc1nc(N)ncc1Br. The number of nitrogen functional groups attached to an aromatic ring is 1. The topological polar surface area (TPSA) is 81.7 Å². The zero-order valence-corrected chi connectivity index (χ0v) is 11.9. The van der Waals surface area contributed by atoms with Crippen LogP contribution in [0.15, 0.2) is 16.9 Å². The van der Waals surface area contributed by atoms with E-state index in [0.717, 1.165) is 22.2 Å². The van der Waals surface area contributed by atoms with Gasteiger partial charge in [-0.15, -0.1) is 0 Å². The molecule has 3 N–H and O–H groups in total. The molecule has 0 amide bonds. The van der Waals surface area contributed by atoms with Gasteiger partial charge in [0.2, 0.25) is 5.95 Å². The van der Waals surface area contributed by atoms with Crippen LogP contribution in [0.3, 0.4) is 0 Å². The van der Waals surface area contributed by atoms with Gasteiger partial charge in [0.1, 0.15) is 5.82 Å². The Balaban J connectivity index is 2.13. The minimum absolute atomic E-state index is 0.252. The molecule has 96 valence electrons. The molecular formula is C11H15BrN6. The summed E-state index contributed by atoms with van der Waals surface area (Å²) in [6.45, 7) is 2.75. The Kier molecular flexibility index (Phi) is 3.81. The van der Waals surface area contributed by atoms with E-state index in [4.69, 9.17) is 5.73 Å². The number of nitrogens with zero attached hydrogens (tertiary/aromatic N) is 4. The molecule has 2 aromatic rings. The molecule has 2 rings (SSSR count). The van der Waals surface area contributed by atoms with Crippen LogP contribution in [0.4, 0.5) is 11.8 Å². The molecule has 2 aromatic heterocycles. The average molecular weight is 311 g/mol. The first-order valence-electron chi connectivity index (χ1n) is 5.63. The van der Waals surface area contributed by atoms with Crippen molar-refractivity contribution in [2.45, 2.75) is 19.9 Å². The van der Waals surface area contributed by atoms with Crippen LogP contribution in [0.25, 0.3) is 0 Å². The summed E-state index contributed by atoms with van der Waals surface area (Å²) in [7, 11) is 1.92. The van der Waals surface area contributed by atoms with Crippen molar-refractivity contribution in [1.29, 1.82) is 0 Å². The molecule has 0 aliphatic heterocycles. The van der Waals surface area contributed by atoms with Gasteiger partial charge in [0.05, 0.1) is 10.2 Å². The van der Waals surface area contributed by atoms with Crippen molar-refractivity contribution in [1.82, 2.24) is 19.7 Å². The van der Waals surface area contributed by atoms with Gasteiger partial charge in [-0.1, -0.05) is 6.92 Å². The number of nitrogens with two attached hydrogens (primary N) is 1. The van der Waals surface area contributed by atoms with Crippen LogP contribution in [-0.2, 0) is 20.0 Å². The summed E-state index contributed by atoms with van der Waals surface area (Å²) in [6.07, 6.45) is 4.55. The van der Waals surface area contributed by atoms with E-state index >= 15 is 0 Å². The number of rotatable bonds is 4. The van der Waals surface area contributed by atoms with Crippen LogP contribution in [0, 0.1) is 0 Å². The van der Waals surface area contributed by atoms with Crippen molar-refractivity contribution < 1.29 is 0 Å². The minimum Gasteiger partial charge on any atom is -0.368 e. The zero-order valence-electron chi connectivity index (χ0n) is 10.3. The Morgan fingerprint density at radius 2 is 2.28 bits per heavy atom. The maximum Gasteiger partial charge on any atom is 0.221 e. The molecule has 0 aliphatic rings. The standard InChI is InChI=1S/C11H15BrN6/c1-3-9-7(6-18(2)17-9)4-14-10-8(12)5-15-11(13)16-10/h5-6H,3-4H2,1-2H3,(H3,13,14,15,16). The molecule has 18 heavy (non-hydrogen) atoms. The van der Waals surface area contributed by atoms with E-state index in [1.165, 1.54) is 0 Å². The van der Waals surface area contributed by atoms with Crippen molar-refractivity contribution in [3.63, 3.8) is 0 Å².